The lowest BCUT2D eigenvalue weighted by atomic mass is 10.1. The van der Waals surface area contributed by atoms with Gasteiger partial charge in [0.1, 0.15) is 5.82 Å². The number of fused-ring (bicyclic) bond motifs is 1. The van der Waals surface area contributed by atoms with Crippen molar-refractivity contribution in [2.45, 2.75) is 18.9 Å². The molecule has 0 aliphatic carbocycles. The Balaban J connectivity index is 1.64. The zero-order valence-corrected chi connectivity index (χ0v) is 16.5. The first-order valence-corrected chi connectivity index (χ1v) is 9.70. The highest BCUT2D eigenvalue weighted by atomic mass is 35.5. The van der Waals surface area contributed by atoms with Crippen molar-refractivity contribution in [1.29, 1.82) is 0 Å². The molecule has 4 rings (SSSR count). The molecular formula is C19H19ClFN7O2. The Bertz CT molecular complexity index is 1100. The van der Waals surface area contributed by atoms with Gasteiger partial charge in [-0.2, -0.15) is 4.98 Å². The first kappa shape index (κ1) is 20.0. The van der Waals surface area contributed by atoms with Gasteiger partial charge in [0, 0.05) is 30.9 Å². The number of hydroxylamine groups is 1. The number of aliphatic imine (C=N–C) groups is 1. The largest absolute Gasteiger partial charge is 0.351 e. The van der Waals surface area contributed by atoms with Crippen molar-refractivity contribution >= 4 is 46.6 Å². The van der Waals surface area contributed by atoms with Crippen molar-refractivity contribution in [3.05, 3.63) is 46.9 Å². The second kappa shape index (κ2) is 8.64. The average Bonchev–Trinajstić information content (AvgIpc) is 3.17. The van der Waals surface area contributed by atoms with Crippen LogP contribution in [0.5, 0.6) is 0 Å². The van der Waals surface area contributed by atoms with Crippen molar-refractivity contribution in [3.8, 4) is 0 Å². The van der Waals surface area contributed by atoms with E-state index in [4.69, 9.17) is 11.6 Å². The van der Waals surface area contributed by atoms with E-state index in [1.807, 2.05) is 0 Å². The van der Waals surface area contributed by atoms with Crippen molar-refractivity contribution in [1.82, 2.24) is 25.3 Å². The van der Waals surface area contributed by atoms with Gasteiger partial charge in [-0.05, 0) is 37.1 Å². The number of rotatable bonds is 5. The van der Waals surface area contributed by atoms with Crippen LogP contribution in [0.4, 0.5) is 16.0 Å². The number of pyridine rings is 1. The Kier molecular flexibility index (Phi) is 5.77. The normalized spacial score (nSPS) is 17.2. The Morgan fingerprint density at radius 3 is 3.07 bits per heavy atom. The Hall–Kier alpha value is -3.24. The maximum atomic E-state index is 13.4. The number of nitrogens with zero attached hydrogens (tertiary/aromatic N) is 4. The van der Waals surface area contributed by atoms with Crippen LogP contribution in [-0.4, -0.2) is 56.4 Å². The molecule has 9 nitrogen and oxygen atoms in total. The molecule has 1 saturated heterocycles. The van der Waals surface area contributed by atoms with Crippen LogP contribution in [0.15, 0.2) is 35.5 Å². The lowest BCUT2D eigenvalue weighted by Gasteiger charge is -2.30. The summed E-state index contributed by atoms with van der Waals surface area (Å²) in [7, 11) is 0. The molecule has 1 fully saturated rings. The predicted molar refractivity (Wildman–Crippen MR) is 111 cm³/mol. The summed E-state index contributed by atoms with van der Waals surface area (Å²) < 4.78 is 13.4. The van der Waals surface area contributed by atoms with Crippen LogP contribution in [0.1, 0.15) is 18.4 Å². The molecule has 3 heterocycles. The zero-order chi connectivity index (χ0) is 21.1. The van der Waals surface area contributed by atoms with Crippen LogP contribution in [0.25, 0.3) is 11.2 Å². The number of hydrogen-bond acceptors (Lipinski definition) is 6. The number of imidazole rings is 1. The van der Waals surface area contributed by atoms with Gasteiger partial charge >= 0.3 is 0 Å². The average molecular weight is 432 g/mol. The van der Waals surface area contributed by atoms with Crippen molar-refractivity contribution in [2.75, 3.05) is 18.4 Å². The number of amidine groups is 1. The minimum absolute atomic E-state index is 0.0680. The molecule has 0 radical (unpaired) electrons. The van der Waals surface area contributed by atoms with Gasteiger partial charge in [-0.15, -0.1) is 0 Å². The van der Waals surface area contributed by atoms with Gasteiger partial charge in [0.25, 0.3) is 0 Å². The SMILES string of the molecule is O=CN1CCCC(Nc2nc3nccc(C(=Nc4ccc(F)c(Cl)c4)NO)c3[nH]2)C1. The summed E-state index contributed by atoms with van der Waals surface area (Å²) >= 11 is 5.81. The number of likely N-dealkylation sites (tertiary alicyclic amines) is 1. The molecule has 1 atom stereocenters. The van der Waals surface area contributed by atoms with Gasteiger partial charge in [0.05, 0.1) is 16.2 Å². The number of carbonyl (C=O) groups excluding carboxylic acids is 1. The van der Waals surface area contributed by atoms with Gasteiger partial charge in [-0.25, -0.2) is 14.4 Å². The number of piperidine rings is 1. The fourth-order valence-electron chi connectivity index (χ4n) is 3.42. The molecule has 4 N–H and O–H groups in total. The first-order chi connectivity index (χ1) is 14.6. The summed E-state index contributed by atoms with van der Waals surface area (Å²) in [5.41, 5.74) is 3.92. The highest BCUT2D eigenvalue weighted by Gasteiger charge is 2.20. The topological polar surface area (TPSA) is 119 Å². The molecule has 11 heteroatoms. The van der Waals surface area contributed by atoms with Crippen LogP contribution in [-0.2, 0) is 4.79 Å². The summed E-state index contributed by atoms with van der Waals surface area (Å²) in [6.07, 6.45) is 4.22. The minimum atomic E-state index is -0.555. The highest BCUT2D eigenvalue weighted by Crippen LogP contribution is 2.24. The zero-order valence-electron chi connectivity index (χ0n) is 15.8. The molecule has 1 aliphatic heterocycles. The molecule has 156 valence electrons. The quantitative estimate of drug-likeness (QED) is 0.213. The summed E-state index contributed by atoms with van der Waals surface area (Å²) in [4.78, 5) is 28.9. The van der Waals surface area contributed by atoms with Crippen LogP contribution < -0.4 is 10.8 Å². The van der Waals surface area contributed by atoms with E-state index in [1.54, 1.807) is 17.2 Å². The van der Waals surface area contributed by atoms with Crippen LogP contribution in [0.3, 0.4) is 0 Å². The second-order valence-electron chi connectivity index (χ2n) is 6.90. The van der Waals surface area contributed by atoms with Crippen molar-refractivity contribution in [3.63, 3.8) is 0 Å². The fourth-order valence-corrected chi connectivity index (χ4v) is 3.59. The van der Waals surface area contributed by atoms with E-state index < -0.39 is 5.82 Å². The van der Waals surface area contributed by atoms with Crippen molar-refractivity contribution < 1.29 is 14.4 Å². The molecule has 1 aromatic carbocycles. The van der Waals surface area contributed by atoms with E-state index in [2.05, 4.69) is 30.7 Å². The Morgan fingerprint density at radius 1 is 1.43 bits per heavy atom. The number of aromatic amines is 1. The lowest BCUT2D eigenvalue weighted by Crippen LogP contribution is -2.41. The molecule has 30 heavy (non-hydrogen) atoms. The first-order valence-electron chi connectivity index (χ1n) is 9.32. The third-order valence-electron chi connectivity index (χ3n) is 4.84. The van der Waals surface area contributed by atoms with E-state index >= 15 is 0 Å². The molecule has 0 spiro atoms. The van der Waals surface area contributed by atoms with Crippen LogP contribution in [0.2, 0.25) is 5.02 Å². The Labute approximate surface area is 176 Å². The number of benzene rings is 1. The van der Waals surface area contributed by atoms with Crippen LogP contribution >= 0.6 is 11.6 Å². The molecule has 0 bridgehead atoms. The fraction of sp³-hybridized carbons (Fsp3) is 0.263. The highest BCUT2D eigenvalue weighted by molar-refractivity contribution is 6.31. The Morgan fingerprint density at radius 2 is 2.30 bits per heavy atom. The van der Waals surface area contributed by atoms with Gasteiger partial charge < -0.3 is 15.2 Å². The summed E-state index contributed by atoms with van der Waals surface area (Å²) in [6.45, 7) is 1.35. The molecule has 1 amide bonds. The molecule has 2 aromatic heterocycles. The second-order valence-corrected chi connectivity index (χ2v) is 7.30. The van der Waals surface area contributed by atoms with Gasteiger partial charge in [-0.1, -0.05) is 11.6 Å². The molecule has 3 aromatic rings. The molecular weight excluding hydrogens is 413 g/mol. The molecule has 1 unspecified atom stereocenters. The number of carbonyl (C=O) groups is 1. The maximum Gasteiger partial charge on any atom is 0.209 e. The standard InChI is InChI=1S/C19H19ClFN7O2/c20-14-8-11(3-4-15(14)21)23-17(27-30)13-5-6-22-18-16(13)25-19(26-18)24-12-2-1-7-28(9-12)10-29/h3-6,8,10,12,30H,1-2,7,9H2,(H,23,27)(H2,22,24,25,26). The van der Waals surface area contributed by atoms with Gasteiger partial charge in [-0.3, -0.25) is 15.5 Å². The predicted octanol–water partition coefficient (Wildman–Crippen LogP) is 2.84. The van der Waals surface area contributed by atoms with E-state index in [0.29, 0.717) is 34.9 Å². The number of nitrogens with one attached hydrogen (secondary N) is 3. The third-order valence-corrected chi connectivity index (χ3v) is 5.13. The molecule has 0 saturated carbocycles. The van der Waals surface area contributed by atoms with Gasteiger partial charge in [0.2, 0.25) is 12.4 Å². The minimum Gasteiger partial charge on any atom is -0.351 e. The maximum absolute atomic E-state index is 13.4. The number of hydrogen-bond donors (Lipinski definition) is 4. The number of anilines is 1. The number of amides is 1. The summed E-state index contributed by atoms with van der Waals surface area (Å²) in [5.74, 6) is 0.0652. The number of aromatic nitrogens is 3. The van der Waals surface area contributed by atoms with E-state index in [9.17, 15) is 14.4 Å². The number of H-pyrrole nitrogens is 1. The van der Waals surface area contributed by atoms with E-state index in [1.165, 1.54) is 18.2 Å². The monoisotopic (exact) mass is 431 g/mol. The molecule has 1 aliphatic rings. The summed E-state index contributed by atoms with van der Waals surface area (Å²) in [6, 6.07) is 5.72. The smallest absolute Gasteiger partial charge is 0.209 e. The third kappa shape index (κ3) is 4.19. The van der Waals surface area contributed by atoms with Gasteiger partial charge in [0.15, 0.2) is 11.5 Å². The summed E-state index contributed by atoms with van der Waals surface area (Å²) in [5, 5.41) is 12.9. The van der Waals surface area contributed by atoms with E-state index in [0.717, 1.165) is 25.8 Å². The lowest BCUT2D eigenvalue weighted by molar-refractivity contribution is -0.119. The van der Waals surface area contributed by atoms with Crippen molar-refractivity contribution in [2.24, 2.45) is 4.99 Å². The van der Waals surface area contributed by atoms with Crippen LogP contribution in [0, 0.1) is 5.82 Å². The van der Waals surface area contributed by atoms with E-state index in [-0.39, 0.29) is 16.9 Å². The number of halogens is 2.